The molecule has 0 bridgehead atoms. The predicted molar refractivity (Wildman–Crippen MR) is 131 cm³/mol. The lowest BCUT2D eigenvalue weighted by atomic mass is 10.0. The number of hydrogen-bond acceptors (Lipinski definition) is 3. The van der Waals surface area contributed by atoms with Crippen molar-refractivity contribution in [2.24, 2.45) is 0 Å². The fraction of sp³-hybridized carbons (Fsp3) is 0.172. The van der Waals surface area contributed by atoms with Crippen molar-refractivity contribution < 1.29 is 9.53 Å². The molecule has 2 heterocycles. The summed E-state index contributed by atoms with van der Waals surface area (Å²) in [6.07, 6.45) is 5.68. The van der Waals surface area contributed by atoms with Crippen molar-refractivity contribution >= 4 is 11.6 Å². The first-order valence-corrected chi connectivity index (χ1v) is 11.4. The molecular formula is C29H26N2O2. The molecule has 0 saturated heterocycles. The van der Waals surface area contributed by atoms with E-state index in [-0.39, 0.29) is 5.91 Å². The fourth-order valence-electron chi connectivity index (χ4n) is 4.30. The van der Waals surface area contributed by atoms with Gasteiger partial charge in [0, 0.05) is 31.0 Å². The second-order valence-corrected chi connectivity index (χ2v) is 8.30. The zero-order chi connectivity index (χ0) is 22.5. The zero-order valence-corrected chi connectivity index (χ0v) is 18.5. The number of aryl methyl sites for hydroxylation is 1. The predicted octanol–water partition coefficient (Wildman–Crippen LogP) is 5.85. The van der Waals surface area contributed by atoms with Crippen molar-refractivity contribution in [3.05, 3.63) is 114 Å². The van der Waals surface area contributed by atoms with Crippen LogP contribution in [0.2, 0.25) is 0 Å². The molecule has 4 aromatic rings. The molecule has 1 aliphatic heterocycles. The van der Waals surface area contributed by atoms with E-state index in [4.69, 9.17) is 4.74 Å². The third kappa shape index (κ3) is 4.96. The van der Waals surface area contributed by atoms with Crippen LogP contribution in [0.1, 0.15) is 23.1 Å². The van der Waals surface area contributed by atoms with Crippen molar-refractivity contribution in [2.45, 2.75) is 25.9 Å². The van der Waals surface area contributed by atoms with Crippen molar-refractivity contribution in [3.8, 4) is 16.9 Å². The summed E-state index contributed by atoms with van der Waals surface area (Å²) in [7, 11) is 0. The van der Waals surface area contributed by atoms with Crippen LogP contribution in [0, 0.1) is 0 Å². The topological polar surface area (TPSA) is 42.4 Å². The van der Waals surface area contributed by atoms with Gasteiger partial charge in [0.15, 0.2) is 0 Å². The smallest absolute Gasteiger partial charge is 0.227 e. The van der Waals surface area contributed by atoms with E-state index in [0.717, 1.165) is 46.7 Å². The lowest BCUT2D eigenvalue weighted by molar-refractivity contribution is -0.118. The molecule has 1 aromatic heterocycles. The molecule has 0 fully saturated rings. The summed E-state index contributed by atoms with van der Waals surface area (Å²) in [4.78, 5) is 19.0. The maximum absolute atomic E-state index is 13.0. The molecule has 0 saturated carbocycles. The van der Waals surface area contributed by atoms with Gasteiger partial charge in [-0.3, -0.25) is 9.78 Å². The van der Waals surface area contributed by atoms with Crippen LogP contribution >= 0.6 is 0 Å². The highest BCUT2D eigenvalue weighted by molar-refractivity contribution is 5.96. The highest BCUT2D eigenvalue weighted by Crippen LogP contribution is 2.32. The van der Waals surface area contributed by atoms with Crippen LogP contribution in [-0.2, 0) is 24.2 Å². The molecule has 4 nitrogen and oxygen atoms in total. The molecule has 0 spiro atoms. The second-order valence-electron chi connectivity index (χ2n) is 8.30. The molecule has 1 amide bonds. The Morgan fingerprint density at radius 3 is 2.52 bits per heavy atom. The van der Waals surface area contributed by atoms with Crippen LogP contribution in [0.4, 0.5) is 5.69 Å². The number of amides is 1. The first-order chi connectivity index (χ1) is 16.3. The quantitative estimate of drug-likeness (QED) is 0.366. The summed E-state index contributed by atoms with van der Waals surface area (Å²) in [6.45, 7) is 1.28. The average Bonchev–Trinajstić information content (AvgIpc) is 3.31. The number of rotatable bonds is 7. The maximum atomic E-state index is 13.0. The van der Waals surface area contributed by atoms with E-state index in [1.165, 1.54) is 5.56 Å². The Hall–Kier alpha value is -3.92. The van der Waals surface area contributed by atoms with E-state index in [1.54, 1.807) is 12.4 Å². The fourth-order valence-corrected chi connectivity index (χ4v) is 4.30. The molecule has 4 heteroatoms. The van der Waals surface area contributed by atoms with Gasteiger partial charge in [-0.05, 0) is 77.1 Å². The van der Waals surface area contributed by atoms with Gasteiger partial charge in [-0.15, -0.1) is 0 Å². The van der Waals surface area contributed by atoms with Crippen molar-refractivity contribution in [3.63, 3.8) is 0 Å². The Bertz CT molecular complexity index is 1240. The Morgan fingerprint density at radius 2 is 1.67 bits per heavy atom. The number of carbonyl (C=O) groups is 1. The summed E-state index contributed by atoms with van der Waals surface area (Å²) in [5.41, 5.74) is 6.83. The molecule has 0 N–H and O–H groups in total. The molecule has 33 heavy (non-hydrogen) atoms. The van der Waals surface area contributed by atoms with Crippen molar-refractivity contribution in [1.29, 1.82) is 0 Å². The minimum atomic E-state index is 0.168. The normalized spacial score (nSPS) is 12.4. The van der Waals surface area contributed by atoms with E-state index in [9.17, 15) is 4.79 Å². The minimum Gasteiger partial charge on any atom is -0.489 e. The monoisotopic (exact) mass is 434 g/mol. The van der Waals surface area contributed by atoms with Gasteiger partial charge in [-0.2, -0.15) is 0 Å². The molecule has 0 unspecified atom stereocenters. The summed E-state index contributed by atoms with van der Waals surface area (Å²) < 4.78 is 5.93. The first-order valence-electron chi connectivity index (χ1n) is 11.4. The highest BCUT2D eigenvalue weighted by atomic mass is 16.5. The van der Waals surface area contributed by atoms with Crippen molar-refractivity contribution in [1.82, 2.24) is 4.98 Å². The number of ether oxygens (including phenoxy) is 1. The molecule has 0 aliphatic carbocycles. The number of aromatic nitrogens is 1. The number of pyridine rings is 1. The van der Waals surface area contributed by atoms with Crippen molar-refractivity contribution in [2.75, 3.05) is 11.4 Å². The maximum Gasteiger partial charge on any atom is 0.227 e. The minimum absolute atomic E-state index is 0.168. The molecule has 0 atom stereocenters. The van der Waals surface area contributed by atoms with Crippen LogP contribution in [-0.4, -0.2) is 17.4 Å². The van der Waals surface area contributed by atoms with Crippen LogP contribution in [0.25, 0.3) is 11.1 Å². The highest BCUT2D eigenvalue weighted by Gasteiger charge is 2.24. The van der Waals surface area contributed by atoms with Crippen LogP contribution in [0.5, 0.6) is 5.75 Å². The number of benzene rings is 3. The lowest BCUT2D eigenvalue weighted by Crippen LogP contribution is -2.29. The van der Waals surface area contributed by atoms with E-state index in [1.807, 2.05) is 53.4 Å². The van der Waals surface area contributed by atoms with Crippen LogP contribution < -0.4 is 9.64 Å². The van der Waals surface area contributed by atoms with Gasteiger partial charge in [0.2, 0.25) is 5.91 Å². The van der Waals surface area contributed by atoms with E-state index in [0.29, 0.717) is 19.4 Å². The molecule has 1 aliphatic rings. The number of carbonyl (C=O) groups excluding carboxylic acids is 1. The Kier molecular flexibility index (Phi) is 6.16. The summed E-state index contributed by atoms with van der Waals surface area (Å²) in [5.74, 6) is 1.000. The third-order valence-corrected chi connectivity index (χ3v) is 6.06. The second kappa shape index (κ2) is 9.70. The van der Waals surface area contributed by atoms with Gasteiger partial charge in [0.1, 0.15) is 12.4 Å². The summed E-state index contributed by atoms with van der Waals surface area (Å²) >= 11 is 0. The molecular weight excluding hydrogens is 408 g/mol. The van der Waals surface area contributed by atoms with E-state index < -0.39 is 0 Å². The first kappa shape index (κ1) is 21.0. The van der Waals surface area contributed by atoms with Gasteiger partial charge >= 0.3 is 0 Å². The lowest BCUT2D eigenvalue weighted by Gasteiger charge is -2.18. The molecule has 164 valence electrons. The standard InChI is InChI=1S/C29H26N2O2/c32-29(12-9-22-7-4-8-27(19-22)33-21-23-5-2-1-3-6-23)31-18-15-26-20-25(10-11-28(26)31)24-13-16-30-17-14-24/h1-8,10-11,13-14,16-17,19-20H,9,12,15,18,21H2. The van der Waals surface area contributed by atoms with Crippen LogP contribution in [0.15, 0.2) is 97.3 Å². The number of fused-ring (bicyclic) bond motifs is 1. The average molecular weight is 435 g/mol. The SMILES string of the molecule is O=C(CCc1cccc(OCc2ccccc2)c1)N1CCc2cc(-c3ccncc3)ccc21. The number of anilines is 1. The van der Waals surface area contributed by atoms with Gasteiger partial charge in [-0.25, -0.2) is 0 Å². The van der Waals surface area contributed by atoms with Crippen LogP contribution in [0.3, 0.4) is 0 Å². The summed E-state index contributed by atoms with van der Waals surface area (Å²) in [5, 5.41) is 0. The molecule has 3 aromatic carbocycles. The summed E-state index contributed by atoms with van der Waals surface area (Å²) in [6, 6.07) is 28.6. The number of hydrogen-bond donors (Lipinski definition) is 0. The van der Waals surface area contributed by atoms with Gasteiger partial charge in [0.25, 0.3) is 0 Å². The molecule has 0 radical (unpaired) electrons. The van der Waals surface area contributed by atoms with Gasteiger partial charge < -0.3 is 9.64 Å². The number of nitrogens with zero attached hydrogens (tertiary/aromatic N) is 2. The Morgan fingerprint density at radius 1 is 0.848 bits per heavy atom. The van der Waals surface area contributed by atoms with E-state index >= 15 is 0 Å². The molecule has 5 rings (SSSR count). The third-order valence-electron chi connectivity index (χ3n) is 6.06. The Labute approximate surface area is 194 Å². The Balaban J connectivity index is 1.20. The van der Waals surface area contributed by atoms with E-state index in [2.05, 4.69) is 41.4 Å². The zero-order valence-electron chi connectivity index (χ0n) is 18.5. The van der Waals surface area contributed by atoms with Gasteiger partial charge in [-0.1, -0.05) is 48.5 Å². The largest absolute Gasteiger partial charge is 0.489 e. The van der Waals surface area contributed by atoms with Gasteiger partial charge in [0.05, 0.1) is 0 Å².